The quantitative estimate of drug-likeness (QED) is 0.482. The van der Waals surface area contributed by atoms with Gasteiger partial charge in [0.2, 0.25) is 4.96 Å². The normalized spacial score (nSPS) is 10.8. The van der Waals surface area contributed by atoms with Gasteiger partial charge in [-0.1, -0.05) is 36.1 Å². The molecule has 7 heteroatoms. The summed E-state index contributed by atoms with van der Waals surface area (Å²) in [6.07, 6.45) is 1.72. The van der Waals surface area contributed by atoms with Crippen molar-refractivity contribution in [2.75, 3.05) is 13.7 Å². The molecule has 0 atom stereocenters. The number of nitrogens with zero attached hydrogens (tertiary/aromatic N) is 4. The molecule has 6 nitrogen and oxygen atoms in total. The molecule has 0 bridgehead atoms. The topological polar surface area (TPSA) is 61.5 Å². The van der Waals surface area contributed by atoms with Gasteiger partial charge in [-0.15, -0.1) is 10.2 Å². The lowest BCUT2D eigenvalue weighted by Gasteiger charge is -2.04. The molecule has 2 aromatic heterocycles. The predicted octanol–water partition coefficient (Wildman–Crippen LogP) is 4.09. The number of ether oxygens (including phenoxy) is 2. The Bertz CT molecular complexity index is 1050. The molecule has 0 aliphatic heterocycles. The zero-order valence-corrected chi connectivity index (χ0v) is 14.9. The Labute approximate surface area is 154 Å². The van der Waals surface area contributed by atoms with Crippen LogP contribution in [0.15, 0.2) is 61.2 Å². The van der Waals surface area contributed by atoms with E-state index < -0.39 is 0 Å². The summed E-state index contributed by atoms with van der Waals surface area (Å²) >= 11 is 1.48. The first kappa shape index (κ1) is 16.3. The summed E-state index contributed by atoms with van der Waals surface area (Å²) in [6, 6.07) is 15.5. The van der Waals surface area contributed by atoms with Gasteiger partial charge >= 0.3 is 0 Å². The van der Waals surface area contributed by atoms with Gasteiger partial charge in [0, 0.05) is 11.1 Å². The highest BCUT2D eigenvalue weighted by atomic mass is 32.1. The third kappa shape index (κ3) is 3.04. The highest BCUT2D eigenvalue weighted by Crippen LogP contribution is 2.30. The average Bonchev–Trinajstić information content (AvgIpc) is 3.27. The molecule has 0 saturated carbocycles. The summed E-state index contributed by atoms with van der Waals surface area (Å²) < 4.78 is 12.6. The van der Waals surface area contributed by atoms with Gasteiger partial charge in [-0.2, -0.15) is 9.61 Å². The van der Waals surface area contributed by atoms with Crippen LogP contribution in [-0.4, -0.2) is 33.5 Å². The second-order valence-corrected chi connectivity index (χ2v) is 6.44. The fourth-order valence-corrected chi connectivity index (χ4v) is 3.36. The molecule has 0 saturated heterocycles. The van der Waals surface area contributed by atoms with Gasteiger partial charge in [-0.05, 0) is 36.4 Å². The van der Waals surface area contributed by atoms with Crippen LogP contribution in [0, 0.1) is 0 Å². The Hall–Kier alpha value is -3.19. The van der Waals surface area contributed by atoms with Crippen LogP contribution in [0.4, 0.5) is 0 Å². The second-order valence-electron chi connectivity index (χ2n) is 5.48. The molecule has 0 aliphatic carbocycles. The van der Waals surface area contributed by atoms with E-state index in [4.69, 9.17) is 9.47 Å². The zero-order valence-electron chi connectivity index (χ0n) is 14.1. The minimum atomic E-state index is 0.468. The van der Waals surface area contributed by atoms with Crippen LogP contribution in [0.3, 0.4) is 0 Å². The number of methoxy groups -OCH3 is 1. The van der Waals surface area contributed by atoms with Crippen molar-refractivity contribution in [1.29, 1.82) is 0 Å². The lowest BCUT2D eigenvalue weighted by atomic mass is 10.2. The van der Waals surface area contributed by atoms with Gasteiger partial charge in [0.25, 0.3) is 0 Å². The molecule has 4 aromatic rings. The van der Waals surface area contributed by atoms with Gasteiger partial charge in [0.15, 0.2) is 5.82 Å². The Morgan fingerprint density at radius 1 is 1.08 bits per heavy atom. The Kier molecular flexibility index (Phi) is 4.37. The number of hydrogen-bond donors (Lipinski definition) is 0. The third-order valence-corrected chi connectivity index (χ3v) is 4.74. The summed E-state index contributed by atoms with van der Waals surface area (Å²) in [5, 5.41) is 14.0. The summed E-state index contributed by atoms with van der Waals surface area (Å²) in [5.41, 5.74) is 1.90. The fraction of sp³-hybridized carbons (Fsp3) is 0.105. The molecule has 26 heavy (non-hydrogen) atoms. The summed E-state index contributed by atoms with van der Waals surface area (Å²) in [5.74, 6) is 2.28. The molecule has 0 aliphatic rings. The van der Waals surface area contributed by atoms with Crippen molar-refractivity contribution >= 4 is 16.3 Å². The number of fused-ring (bicyclic) bond motifs is 1. The maximum absolute atomic E-state index is 5.60. The van der Waals surface area contributed by atoms with Crippen molar-refractivity contribution in [2.24, 2.45) is 0 Å². The van der Waals surface area contributed by atoms with Crippen molar-refractivity contribution in [1.82, 2.24) is 19.8 Å². The van der Waals surface area contributed by atoms with Crippen molar-refractivity contribution in [3.63, 3.8) is 0 Å². The van der Waals surface area contributed by atoms with Crippen LogP contribution in [0.1, 0.15) is 0 Å². The van der Waals surface area contributed by atoms with Crippen LogP contribution in [0.25, 0.3) is 26.9 Å². The van der Waals surface area contributed by atoms with Crippen molar-refractivity contribution in [3.05, 3.63) is 61.2 Å². The Morgan fingerprint density at radius 2 is 1.92 bits per heavy atom. The van der Waals surface area contributed by atoms with Crippen LogP contribution in [-0.2, 0) is 0 Å². The van der Waals surface area contributed by atoms with E-state index in [2.05, 4.69) is 21.9 Å². The zero-order chi connectivity index (χ0) is 17.9. The van der Waals surface area contributed by atoms with Crippen LogP contribution in [0.5, 0.6) is 11.5 Å². The van der Waals surface area contributed by atoms with Gasteiger partial charge < -0.3 is 9.47 Å². The molecule has 130 valence electrons. The van der Waals surface area contributed by atoms with Gasteiger partial charge in [-0.3, -0.25) is 0 Å². The van der Waals surface area contributed by atoms with E-state index in [1.54, 1.807) is 17.7 Å². The van der Waals surface area contributed by atoms with Crippen molar-refractivity contribution in [3.8, 4) is 33.5 Å². The largest absolute Gasteiger partial charge is 0.497 e. The second kappa shape index (κ2) is 6.97. The van der Waals surface area contributed by atoms with E-state index in [0.717, 1.165) is 32.6 Å². The molecular weight excluding hydrogens is 348 g/mol. The average molecular weight is 364 g/mol. The monoisotopic (exact) mass is 364 g/mol. The minimum absolute atomic E-state index is 0.468. The third-order valence-electron chi connectivity index (χ3n) is 3.79. The number of aromatic nitrogens is 4. The maximum atomic E-state index is 5.60. The SMILES string of the molecule is C=CCOc1cccc(-c2nn3c(-c4ccc(OC)cc4)nnc3s2)c1. The first-order valence-corrected chi connectivity index (χ1v) is 8.81. The summed E-state index contributed by atoms with van der Waals surface area (Å²) in [7, 11) is 1.64. The first-order chi connectivity index (χ1) is 12.8. The number of benzene rings is 2. The Morgan fingerprint density at radius 3 is 2.69 bits per heavy atom. The summed E-state index contributed by atoms with van der Waals surface area (Å²) in [4.78, 5) is 0.739. The molecular formula is C19H16N4O2S. The fourth-order valence-electron chi connectivity index (χ4n) is 2.53. The van der Waals surface area contributed by atoms with Crippen LogP contribution in [0.2, 0.25) is 0 Å². The highest BCUT2D eigenvalue weighted by Gasteiger charge is 2.15. The van der Waals surface area contributed by atoms with Crippen molar-refractivity contribution in [2.45, 2.75) is 0 Å². The van der Waals surface area contributed by atoms with E-state index in [1.807, 2.05) is 48.5 Å². The van der Waals surface area contributed by atoms with Gasteiger partial charge in [0.1, 0.15) is 23.1 Å². The maximum Gasteiger partial charge on any atom is 0.235 e. The minimum Gasteiger partial charge on any atom is -0.497 e. The van der Waals surface area contributed by atoms with E-state index in [1.165, 1.54) is 11.3 Å². The molecule has 0 N–H and O–H groups in total. The van der Waals surface area contributed by atoms with E-state index >= 15 is 0 Å². The standard InChI is InChI=1S/C19H16N4O2S/c1-3-11-25-16-6-4-5-14(12-16)18-22-23-17(20-21-19(23)26-18)13-7-9-15(24-2)10-8-13/h3-10,12H,1,11H2,2H3. The molecule has 4 rings (SSSR count). The molecule has 0 fully saturated rings. The predicted molar refractivity (Wildman–Crippen MR) is 102 cm³/mol. The molecule has 0 amide bonds. The Balaban J connectivity index is 1.70. The van der Waals surface area contributed by atoms with E-state index in [0.29, 0.717) is 12.4 Å². The molecule has 2 heterocycles. The molecule has 0 unspecified atom stereocenters. The number of hydrogen-bond acceptors (Lipinski definition) is 6. The summed E-state index contributed by atoms with van der Waals surface area (Å²) in [6.45, 7) is 4.13. The molecule has 0 radical (unpaired) electrons. The van der Waals surface area contributed by atoms with Crippen LogP contribution < -0.4 is 9.47 Å². The number of rotatable bonds is 6. The van der Waals surface area contributed by atoms with Crippen molar-refractivity contribution < 1.29 is 9.47 Å². The lowest BCUT2D eigenvalue weighted by Crippen LogP contribution is -1.93. The van der Waals surface area contributed by atoms with Gasteiger partial charge in [-0.25, -0.2) is 0 Å². The smallest absolute Gasteiger partial charge is 0.235 e. The lowest BCUT2D eigenvalue weighted by molar-refractivity contribution is 0.363. The highest BCUT2D eigenvalue weighted by molar-refractivity contribution is 7.19. The first-order valence-electron chi connectivity index (χ1n) is 7.99. The van der Waals surface area contributed by atoms with E-state index in [-0.39, 0.29) is 0 Å². The van der Waals surface area contributed by atoms with Gasteiger partial charge in [0.05, 0.1) is 7.11 Å². The molecule has 0 spiro atoms. The van der Waals surface area contributed by atoms with E-state index in [9.17, 15) is 0 Å². The molecule has 2 aromatic carbocycles. The van der Waals surface area contributed by atoms with Crippen LogP contribution >= 0.6 is 11.3 Å².